The lowest BCUT2D eigenvalue weighted by atomic mass is 10.1. The number of nitrogens with zero attached hydrogens (tertiary/aromatic N) is 1. The summed E-state index contributed by atoms with van der Waals surface area (Å²) in [5.41, 5.74) is 2.63. The molecule has 0 aliphatic rings. The molecule has 0 aliphatic heterocycles. The van der Waals surface area contributed by atoms with Gasteiger partial charge in [0.05, 0.1) is 0 Å². The van der Waals surface area contributed by atoms with Crippen LogP contribution in [0.15, 0.2) is 23.3 Å². The van der Waals surface area contributed by atoms with Crippen molar-refractivity contribution in [3.05, 3.63) is 23.3 Å². The van der Waals surface area contributed by atoms with Crippen molar-refractivity contribution in [3.8, 4) is 0 Å². The third-order valence-corrected chi connectivity index (χ3v) is 4.48. The Hall–Kier alpha value is -1.09. The Kier molecular flexibility index (Phi) is 14.5. The third kappa shape index (κ3) is 13.8. The second-order valence-corrected chi connectivity index (χ2v) is 7.54. The van der Waals surface area contributed by atoms with Crippen LogP contribution in [0.4, 0.5) is 0 Å². The van der Waals surface area contributed by atoms with Crippen molar-refractivity contribution >= 4 is 5.97 Å². The predicted octanol–water partition coefficient (Wildman–Crippen LogP) is 5.90. The van der Waals surface area contributed by atoms with E-state index in [1.165, 1.54) is 43.3 Å². The van der Waals surface area contributed by atoms with Gasteiger partial charge in [0.1, 0.15) is 12.6 Å². The van der Waals surface area contributed by atoms with Crippen LogP contribution in [0.5, 0.6) is 0 Å². The standard InChI is InChI=1S/C22H41NO2/c1-7-8-9-10-11-12-16-21(23(5)6)22(24)25-18-17-20(4)15-13-14-19(2)3/h14,17,21H,7-13,15-16,18H2,1-6H3. The van der Waals surface area contributed by atoms with E-state index in [9.17, 15) is 4.79 Å². The summed E-state index contributed by atoms with van der Waals surface area (Å²) in [6.45, 7) is 8.96. The highest BCUT2D eigenvalue weighted by molar-refractivity contribution is 5.75. The maximum atomic E-state index is 12.3. The van der Waals surface area contributed by atoms with Gasteiger partial charge in [-0.3, -0.25) is 9.69 Å². The molecule has 0 saturated carbocycles. The van der Waals surface area contributed by atoms with E-state index in [4.69, 9.17) is 4.74 Å². The molecule has 0 saturated heterocycles. The topological polar surface area (TPSA) is 29.5 Å². The molecule has 1 unspecified atom stereocenters. The fraction of sp³-hybridized carbons (Fsp3) is 0.773. The summed E-state index contributed by atoms with van der Waals surface area (Å²) < 4.78 is 5.49. The van der Waals surface area contributed by atoms with E-state index in [-0.39, 0.29) is 12.0 Å². The van der Waals surface area contributed by atoms with Gasteiger partial charge in [-0.1, -0.05) is 62.7 Å². The van der Waals surface area contributed by atoms with E-state index in [2.05, 4.69) is 33.8 Å². The quantitative estimate of drug-likeness (QED) is 0.221. The highest BCUT2D eigenvalue weighted by Gasteiger charge is 2.21. The first kappa shape index (κ1) is 23.9. The Morgan fingerprint density at radius 2 is 1.64 bits per heavy atom. The van der Waals surface area contributed by atoms with Crippen molar-refractivity contribution < 1.29 is 9.53 Å². The normalized spacial score (nSPS) is 13.0. The molecule has 146 valence electrons. The molecule has 0 aromatic carbocycles. The van der Waals surface area contributed by atoms with Crippen molar-refractivity contribution in [2.45, 2.75) is 91.5 Å². The first-order valence-corrected chi connectivity index (χ1v) is 10.0. The maximum Gasteiger partial charge on any atom is 0.323 e. The third-order valence-electron chi connectivity index (χ3n) is 4.48. The summed E-state index contributed by atoms with van der Waals surface area (Å²) in [5.74, 6) is -0.0908. The van der Waals surface area contributed by atoms with E-state index in [1.807, 2.05) is 25.1 Å². The van der Waals surface area contributed by atoms with Crippen molar-refractivity contribution in [2.24, 2.45) is 0 Å². The van der Waals surface area contributed by atoms with Gasteiger partial charge >= 0.3 is 5.97 Å². The molecule has 0 heterocycles. The SMILES string of the molecule is CCCCCCCCC(C(=O)OCC=C(C)CCC=C(C)C)N(C)C. The van der Waals surface area contributed by atoms with Gasteiger partial charge in [-0.25, -0.2) is 0 Å². The molecule has 0 N–H and O–H groups in total. The number of unbranched alkanes of at least 4 members (excludes halogenated alkanes) is 5. The van der Waals surface area contributed by atoms with E-state index < -0.39 is 0 Å². The van der Waals surface area contributed by atoms with Crippen LogP contribution in [0, 0.1) is 0 Å². The van der Waals surface area contributed by atoms with E-state index >= 15 is 0 Å². The van der Waals surface area contributed by atoms with Crippen molar-refractivity contribution in [3.63, 3.8) is 0 Å². The zero-order chi connectivity index (χ0) is 19.1. The zero-order valence-electron chi connectivity index (χ0n) is 17.6. The molecule has 0 rings (SSSR count). The first-order chi connectivity index (χ1) is 11.9. The number of esters is 1. The van der Waals surface area contributed by atoms with Crippen LogP contribution in [-0.2, 0) is 9.53 Å². The molecule has 0 fully saturated rings. The van der Waals surface area contributed by atoms with E-state index in [1.54, 1.807) is 0 Å². The van der Waals surface area contributed by atoms with Gasteiger partial charge in [0, 0.05) is 0 Å². The number of carbonyl (C=O) groups is 1. The Labute approximate surface area is 156 Å². The van der Waals surface area contributed by atoms with Crippen LogP contribution >= 0.6 is 0 Å². The molecule has 3 heteroatoms. The van der Waals surface area contributed by atoms with Gasteiger partial charge in [-0.2, -0.15) is 0 Å². The molecule has 1 atom stereocenters. The van der Waals surface area contributed by atoms with E-state index in [0.29, 0.717) is 6.61 Å². The molecule has 0 radical (unpaired) electrons. The van der Waals surface area contributed by atoms with Crippen LogP contribution in [-0.4, -0.2) is 37.6 Å². The Balaban J connectivity index is 4.13. The lowest BCUT2D eigenvalue weighted by molar-refractivity contribution is -0.148. The summed E-state index contributed by atoms with van der Waals surface area (Å²) in [7, 11) is 3.92. The first-order valence-electron chi connectivity index (χ1n) is 10.0. The van der Waals surface area contributed by atoms with Crippen molar-refractivity contribution in [2.75, 3.05) is 20.7 Å². The molecule has 0 bridgehead atoms. The Bertz CT molecular complexity index is 406. The largest absolute Gasteiger partial charge is 0.460 e. The lowest BCUT2D eigenvalue weighted by Gasteiger charge is -2.22. The smallest absolute Gasteiger partial charge is 0.323 e. The maximum absolute atomic E-state index is 12.3. The van der Waals surface area contributed by atoms with Gasteiger partial charge in [-0.15, -0.1) is 0 Å². The molecule has 0 amide bonds. The van der Waals surface area contributed by atoms with Crippen LogP contribution in [0.2, 0.25) is 0 Å². The second kappa shape index (κ2) is 15.2. The Morgan fingerprint density at radius 3 is 2.24 bits per heavy atom. The highest BCUT2D eigenvalue weighted by Crippen LogP contribution is 2.12. The summed E-state index contributed by atoms with van der Waals surface area (Å²) in [5, 5.41) is 0. The molecule has 3 nitrogen and oxygen atoms in total. The van der Waals surface area contributed by atoms with Crippen LogP contribution < -0.4 is 0 Å². The summed E-state index contributed by atoms with van der Waals surface area (Å²) in [4.78, 5) is 14.3. The number of likely N-dealkylation sites (N-methyl/N-ethyl adjacent to an activating group) is 1. The van der Waals surface area contributed by atoms with Crippen molar-refractivity contribution in [1.82, 2.24) is 4.90 Å². The minimum Gasteiger partial charge on any atom is -0.460 e. The monoisotopic (exact) mass is 351 g/mol. The second-order valence-electron chi connectivity index (χ2n) is 7.54. The summed E-state index contributed by atoms with van der Waals surface area (Å²) in [6, 6.07) is -0.120. The number of ether oxygens (including phenoxy) is 1. The minimum absolute atomic E-state index is 0.0908. The van der Waals surface area contributed by atoms with Gasteiger partial charge in [0.2, 0.25) is 0 Å². The van der Waals surface area contributed by atoms with Crippen molar-refractivity contribution in [1.29, 1.82) is 0 Å². The fourth-order valence-electron chi connectivity index (χ4n) is 2.76. The average molecular weight is 352 g/mol. The molecular formula is C22H41NO2. The molecule has 0 aromatic heterocycles. The lowest BCUT2D eigenvalue weighted by Crippen LogP contribution is -2.37. The minimum atomic E-state index is -0.120. The zero-order valence-corrected chi connectivity index (χ0v) is 17.6. The summed E-state index contributed by atoms with van der Waals surface area (Å²) in [6.07, 6.45) is 14.7. The van der Waals surface area contributed by atoms with E-state index in [0.717, 1.165) is 25.7 Å². The summed E-state index contributed by atoms with van der Waals surface area (Å²) >= 11 is 0. The number of rotatable bonds is 14. The molecular weight excluding hydrogens is 310 g/mol. The molecule has 0 aromatic rings. The number of allylic oxidation sites excluding steroid dienone is 3. The number of hydrogen-bond donors (Lipinski definition) is 0. The Morgan fingerprint density at radius 1 is 1.00 bits per heavy atom. The van der Waals surface area contributed by atoms with Gasteiger partial charge < -0.3 is 4.74 Å². The number of carbonyl (C=O) groups excluding carboxylic acids is 1. The fourth-order valence-corrected chi connectivity index (χ4v) is 2.76. The van der Waals surface area contributed by atoms with Gasteiger partial charge in [0.25, 0.3) is 0 Å². The van der Waals surface area contributed by atoms with Crippen LogP contribution in [0.25, 0.3) is 0 Å². The average Bonchev–Trinajstić information content (AvgIpc) is 2.53. The molecule has 0 spiro atoms. The van der Waals surface area contributed by atoms with Crippen LogP contribution in [0.3, 0.4) is 0 Å². The van der Waals surface area contributed by atoms with Crippen LogP contribution in [0.1, 0.15) is 85.5 Å². The number of hydrogen-bond acceptors (Lipinski definition) is 3. The van der Waals surface area contributed by atoms with Gasteiger partial charge in [-0.05, 0) is 60.2 Å². The molecule has 0 aliphatic carbocycles. The molecule has 25 heavy (non-hydrogen) atoms. The highest BCUT2D eigenvalue weighted by atomic mass is 16.5. The van der Waals surface area contributed by atoms with Gasteiger partial charge in [0.15, 0.2) is 0 Å². The predicted molar refractivity (Wildman–Crippen MR) is 109 cm³/mol.